The number of hydrogen-bond donors (Lipinski definition) is 2. The van der Waals surface area contributed by atoms with E-state index in [1.54, 1.807) is 42.5 Å². The maximum Gasteiger partial charge on any atom is 0.259 e. The lowest BCUT2D eigenvalue weighted by Gasteiger charge is -2.19. The first-order valence-corrected chi connectivity index (χ1v) is 10.2. The maximum atomic E-state index is 13.0. The van der Waals surface area contributed by atoms with E-state index in [0.29, 0.717) is 30.2 Å². The van der Waals surface area contributed by atoms with Crippen molar-refractivity contribution in [1.82, 2.24) is 9.97 Å². The van der Waals surface area contributed by atoms with Crippen LogP contribution in [0.5, 0.6) is 0 Å². The molecule has 2 aromatic heterocycles. The van der Waals surface area contributed by atoms with Crippen LogP contribution in [0.15, 0.2) is 61.1 Å². The van der Waals surface area contributed by atoms with Crippen LogP contribution in [0.4, 0.5) is 17.2 Å². The molecule has 2 N–H and O–H groups in total. The Labute approximate surface area is 181 Å². The quantitative estimate of drug-likeness (QED) is 0.658. The standard InChI is InChI=1S/C24H25N5O2/c1-16(30)29-15-24(2,3)20-7-6-18(13-21(20)29)28-23(31)19-5-4-10-26-22(19)27-14-17-8-11-25-12-9-17/h4-13H,14-15H2,1-3H3,(H,26,27)(H,28,31). The fraction of sp³-hybridized carbons (Fsp3) is 0.250. The molecule has 1 aliphatic rings. The zero-order valence-electron chi connectivity index (χ0n) is 17.8. The van der Waals surface area contributed by atoms with E-state index >= 15 is 0 Å². The van der Waals surface area contributed by atoms with Crippen molar-refractivity contribution in [2.75, 3.05) is 22.1 Å². The fourth-order valence-electron chi connectivity index (χ4n) is 3.87. The molecule has 1 aromatic carbocycles. The minimum Gasteiger partial charge on any atom is -0.365 e. The van der Waals surface area contributed by atoms with Crippen LogP contribution in [0.25, 0.3) is 0 Å². The van der Waals surface area contributed by atoms with Crippen LogP contribution in [-0.4, -0.2) is 28.3 Å². The Morgan fingerprint density at radius 2 is 1.87 bits per heavy atom. The molecule has 0 atom stereocenters. The number of fused-ring (bicyclic) bond motifs is 1. The average molecular weight is 415 g/mol. The van der Waals surface area contributed by atoms with Crippen molar-refractivity contribution in [2.24, 2.45) is 0 Å². The number of benzene rings is 1. The second-order valence-corrected chi connectivity index (χ2v) is 8.28. The van der Waals surface area contributed by atoms with E-state index in [1.807, 2.05) is 30.3 Å². The number of rotatable bonds is 5. The molecule has 4 rings (SSSR count). The second-order valence-electron chi connectivity index (χ2n) is 8.28. The van der Waals surface area contributed by atoms with E-state index in [2.05, 4.69) is 34.4 Å². The van der Waals surface area contributed by atoms with Gasteiger partial charge in [-0.05, 0) is 47.5 Å². The zero-order chi connectivity index (χ0) is 22.0. The molecule has 158 valence electrons. The largest absolute Gasteiger partial charge is 0.365 e. The summed E-state index contributed by atoms with van der Waals surface area (Å²) < 4.78 is 0. The van der Waals surface area contributed by atoms with Gasteiger partial charge >= 0.3 is 0 Å². The third-order valence-electron chi connectivity index (χ3n) is 5.47. The van der Waals surface area contributed by atoms with Gasteiger partial charge in [0.05, 0.1) is 5.56 Å². The first kappa shape index (κ1) is 20.5. The molecule has 0 unspecified atom stereocenters. The molecule has 0 saturated heterocycles. The van der Waals surface area contributed by atoms with E-state index in [0.717, 1.165) is 16.8 Å². The first-order chi connectivity index (χ1) is 14.8. The molecule has 0 radical (unpaired) electrons. The van der Waals surface area contributed by atoms with Gasteiger partial charge in [0.1, 0.15) is 5.82 Å². The molecular formula is C24H25N5O2. The van der Waals surface area contributed by atoms with E-state index in [1.165, 1.54) is 0 Å². The van der Waals surface area contributed by atoms with Crippen molar-refractivity contribution in [2.45, 2.75) is 32.7 Å². The van der Waals surface area contributed by atoms with E-state index in [-0.39, 0.29) is 17.2 Å². The molecule has 0 bridgehead atoms. The van der Waals surface area contributed by atoms with Crippen LogP contribution in [0.1, 0.15) is 42.3 Å². The Balaban J connectivity index is 1.54. The molecule has 2 amide bonds. The summed E-state index contributed by atoms with van der Waals surface area (Å²) in [6, 6.07) is 13.0. The Kier molecular flexibility index (Phi) is 5.42. The van der Waals surface area contributed by atoms with Gasteiger partial charge in [0.25, 0.3) is 5.91 Å². The highest BCUT2D eigenvalue weighted by Crippen LogP contribution is 2.41. The Bertz CT molecular complexity index is 1130. The van der Waals surface area contributed by atoms with Gasteiger partial charge in [0.15, 0.2) is 0 Å². The number of nitrogens with zero attached hydrogens (tertiary/aromatic N) is 3. The summed E-state index contributed by atoms with van der Waals surface area (Å²) in [4.78, 5) is 35.2. The minimum absolute atomic E-state index is 0.00911. The monoisotopic (exact) mass is 415 g/mol. The molecule has 7 heteroatoms. The molecule has 3 heterocycles. The topological polar surface area (TPSA) is 87.2 Å². The van der Waals surface area contributed by atoms with Gasteiger partial charge in [0.2, 0.25) is 5.91 Å². The van der Waals surface area contributed by atoms with Crippen LogP contribution in [0, 0.1) is 0 Å². The molecule has 3 aromatic rings. The van der Waals surface area contributed by atoms with Crippen LogP contribution < -0.4 is 15.5 Å². The summed E-state index contributed by atoms with van der Waals surface area (Å²) in [5.74, 6) is 0.228. The summed E-state index contributed by atoms with van der Waals surface area (Å²) in [7, 11) is 0. The summed E-state index contributed by atoms with van der Waals surface area (Å²) >= 11 is 0. The third kappa shape index (κ3) is 4.26. The second kappa shape index (κ2) is 8.18. The lowest BCUT2D eigenvalue weighted by molar-refractivity contribution is -0.116. The Morgan fingerprint density at radius 1 is 1.10 bits per heavy atom. The zero-order valence-corrected chi connectivity index (χ0v) is 17.8. The maximum absolute atomic E-state index is 13.0. The van der Waals surface area contributed by atoms with Crippen molar-refractivity contribution in [1.29, 1.82) is 0 Å². The van der Waals surface area contributed by atoms with Gasteiger partial charge in [-0.2, -0.15) is 0 Å². The van der Waals surface area contributed by atoms with Crippen LogP contribution in [0.3, 0.4) is 0 Å². The van der Waals surface area contributed by atoms with Gasteiger partial charge < -0.3 is 15.5 Å². The highest BCUT2D eigenvalue weighted by Gasteiger charge is 2.36. The predicted molar refractivity (Wildman–Crippen MR) is 121 cm³/mol. The Morgan fingerprint density at radius 3 is 2.61 bits per heavy atom. The van der Waals surface area contributed by atoms with Crippen molar-refractivity contribution < 1.29 is 9.59 Å². The van der Waals surface area contributed by atoms with Crippen LogP contribution in [-0.2, 0) is 16.8 Å². The van der Waals surface area contributed by atoms with Gasteiger partial charge in [-0.25, -0.2) is 4.98 Å². The highest BCUT2D eigenvalue weighted by atomic mass is 16.2. The van der Waals surface area contributed by atoms with E-state index in [9.17, 15) is 9.59 Å². The number of amides is 2. The molecule has 0 aliphatic carbocycles. The summed E-state index contributed by atoms with van der Waals surface area (Å²) in [6.07, 6.45) is 5.10. The number of pyridine rings is 2. The number of carbonyl (C=O) groups excluding carboxylic acids is 2. The minimum atomic E-state index is -0.267. The normalized spacial score (nSPS) is 14.1. The third-order valence-corrected chi connectivity index (χ3v) is 5.47. The van der Waals surface area contributed by atoms with Gasteiger partial charge in [-0.1, -0.05) is 19.9 Å². The number of hydrogen-bond acceptors (Lipinski definition) is 5. The summed E-state index contributed by atoms with van der Waals surface area (Å²) in [6.45, 7) is 6.95. The van der Waals surface area contributed by atoms with E-state index in [4.69, 9.17) is 0 Å². The molecule has 0 fully saturated rings. The Hall–Kier alpha value is -3.74. The van der Waals surface area contributed by atoms with Crippen molar-refractivity contribution >= 4 is 29.0 Å². The molecule has 31 heavy (non-hydrogen) atoms. The SMILES string of the molecule is CC(=O)N1CC(C)(C)c2ccc(NC(=O)c3cccnc3NCc3ccncc3)cc21. The highest BCUT2D eigenvalue weighted by molar-refractivity contribution is 6.08. The molecule has 0 spiro atoms. The van der Waals surface area contributed by atoms with Crippen molar-refractivity contribution in [3.05, 3.63) is 77.7 Å². The summed E-state index contributed by atoms with van der Waals surface area (Å²) in [5, 5.41) is 6.16. The molecule has 1 aliphatic heterocycles. The number of carbonyl (C=O) groups is 2. The smallest absolute Gasteiger partial charge is 0.259 e. The van der Waals surface area contributed by atoms with Crippen molar-refractivity contribution in [3.63, 3.8) is 0 Å². The van der Waals surface area contributed by atoms with Crippen LogP contribution in [0.2, 0.25) is 0 Å². The van der Waals surface area contributed by atoms with Gasteiger partial charge in [-0.15, -0.1) is 0 Å². The van der Waals surface area contributed by atoms with E-state index < -0.39 is 0 Å². The molecule has 7 nitrogen and oxygen atoms in total. The van der Waals surface area contributed by atoms with Gasteiger partial charge in [-0.3, -0.25) is 14.6 Å². The molecule has 0 saturated carbocycles. The predicted octanol–water partition coefficient (Wildman–Crippen LogP) is 3.99. The lowest BCUT2D eigenvalue weighted by atomic mass is 9.87. The number of aromatic nitrogens is 2. The molecular weight excluding hydrogens is 390 g/mol. The van der Waals surface area contributed by atoms with Crippen LogP contribution >= 0.6 is 0 Å². The summed E-state index contributed by atoms with van der Waals surface area (Å²) in [5.41, 5.74) is 3.94. The first-order valence-electron chi connectivity index (χ1n) is 10.2. The number of nitrogens with one attached hydrogen (secondary N) is 2. The fourth-order valence-corrected chi connectivity index (χ4v) is 3.87. The van der Waals surface area contributed by atoms with Gasteiger partial charge in [0, 0.05) is 55.4 Å². The lowest BCUT2D eigenvalue weighted by Crippen LogP contribution is -2.32. The average Bonchev–Trinajstić information content (AvgIpc) is 3.04. The van der Waals surface area contributed by atoms with Crippen molar-refractivity contribution in [3.8, 4) is 0 Å². The number of anilines is 3.